The monoisotopic (exact) mass is 263 g/mol. The fourth-order valence-electron chi connectivity index (χ4n) is 0.649. The number of halogens is 2. The van der Waals surface area contributed by atoms with Gasteiger partial charge in [0.15, 0.2) is 11.2 Å². The van der Waals surface area contributed by atoms with Gasteiger partial charge in [0.1, 0.15) is 0 Å². The average molecular weight is 264 g/mol. The van der Waals surface area contributed by atoms with E-state index in [2.05, 4.69) is 0 Å². The molecule has 1 aromatic rings. The fourth-order valence-corrected chi connectivity index (χ4v) is 0.785. The number of hydrogen-bond donors (Lipinski definition) is 2. The first-order valence-electron chi connectivity index (χ1n) is 4.23. The molecule has 0 radical (unpaired) electrons. The van der Waals surface area contributed by atoms with E-state index in [1.807, 2.05) is 12.1 Å². The zero-order valence-corrected chi connectivity index (χ0v) is 10.00. The molecular formula is C10H11Cl2NO3. The van der Waals surface area contributed by atoms with Crippen LogP contribution in [0.4, 0.5) is 5.69 Å². The van der Waals surface area contributed by atoms with Crippen molar-refractivity contribution in [1.82, 2.24) is 0 Å². The Hall–Kier alpha value is -1.26. The molecule has 6 heteroatoms. The number of carbonyl (C=O) groups is 2. The van der Waals surface area contributed by atoms with Crippen molar-refractivity contribution in [3.63, 3.8) is 0 Å². The van der Waals surface area contributed by atoms with Crippen LogP contribution in [0.25, 0.3) is 0 Å². The summed E-state index contributed by atoms with van der Waals surface area (Å²) in [5.41, 5.74) is 6.02. The van der Waals surface area contributed by atoms with Crippen molar-refractivity contribution in [2.24, 2.45) is 0 Å². The van der Waals surface area contributed by atoms with Crippen LogP contribution in [-0.2, 0) is 9.59 Å². The lowest BCUT2D eigenvalue weighted by molar-refractivity contribution is -0.139. The Morgan fingerprint density at radius 3 is 2.06 bits per heavy atom. The highest BCUT2D eigenvalue weighted by molar-refractivity contribution is 6.40. The van der Waals surface area contributed by atoms with Crippen molar-refractivity contribution in [2.45, 2.75) is 12.3 Å². The van der Waals surface area contributed by atoms with Crippen molar-refractivity contribution >= 4 is 40.6 Å². The highest BCUT2D eigenvalue weighted by Crippen LogP contribution is 2.15. The fraction of sp³-hybridized carbons (Fsp3) is 0.200. The van der Waals surface area contributed by atoms with Crippen LogP contribution in [-0.4, -0.2) is 22.2 Å². The molecule has 0 aliphatic carbocycles. The van der Waals surface area contributed by atoms with E-state index in [4.69, 9.17) is 34.0 Å². The first-order valence-corrected chi connectivity index (χ1v) is 5.05. The first kappa shape index (κ1) is 14.7. The van der Waals surface area contributed by atoms with E-state index in [9.17, 15) is 9.59 Å². The number of anilines is 1. The number of ketones is 1. The third-order valence-corrected chi connectivity index (χ3v) is 2.32. The number of Topliss-reactive ketones (excluding diaryl/α,β-unsaturated/α-hetero) is 1. The summed E-state index contributed by atoms with van der Waals surface area (Å²) >= 11 is 10.6. The van der Waals surface area contributed by atoms with Crippen LogP contribution in [0.15, 0.2) is 24.3 Å². The zero-order chi connectivity index (χ0) is 12.7. The van der Waals surface area contributed by atoms with Gasteiger partial charge in [0.25, 0.3) is 0 Å². The van der Waals surface area contributed by atoms with Gasteiger partial charge in [0, 0.05) is 0 Å². The SMILES string of the molecule is CC(=O)C(Cl)C(=O)O.Nc1ccccc1Cl. The van der Waals surface area contributed by atoms with Crippen molar-refractivity contribution in [2.75, 3.05) is 5.73 Å². The first-order chi connectivity index (χ1) is 7.36. The van der Waals surface area contributed by atoms with E-state index in [0.29, 0.717) is 10.7 Å². The normalized spacial score (nSPS) is 10.9. The summed E-state index contributed by atoms with van der Waals surface area (Å²) < 4.78 is 0. The second kappa shape index (κ2) is 7.09. The van der Waals surface area contributed by atoms with Crippen molar-refractivity contribution in [1.29, 1.82) is 0 Å². The van der Waals surface area contributed by atoms with Crippen LogP contribution in [0.1, 0.15) is 6.92 Å². The smallest absolute Gasteiger partial charge is 0.329 e. The number of alkyl halides is 1. The predicted octanol–water partition coefficient (Wildman–Crippen LogP) is 2.19. The molecule has 1 rings (SSSR count). The lowest BCUT2D eigenvalue weighted by Crippen LogP contribution is -2.20. The Balaban J connectivity index is 0.000000281. The number of nitrogens with two attached hydrogens (primary N) is 1. The maximum atomic E-state index is 10.1. The number of rotatable bonds is 2. The average Bonchev–Trinajstić information content (AvgIpc) is 2.22. The number of benzene rings is 1. The molecule has 4 nitrogen and oxygen atoms in total. The highest BCUT2D eigenvalue weighted by Gasteiger charge is 2.17. The van der Waals surface area contributed by atoms with Crippen LogP contribution < -0.4 is 5.73 Å². The summed E-state index contributed by atoms with van der Waals surface area (Å²) in [6.45, 7) is 1.13. The second-order valence-corrected chi connectivity index (χ2v) is 3.68. The maximum absolute atomic E-state index is 10.1. The highest BCUT2D eigenvalue weighted by atomic mass is 35.5. The molecule has 0 bridgehead atoms. The number of nitrogen functional groups attached to an aromatic ring is 1. The topological polar surface area (TPSA) is 80.4 Å². The minimum absolute atomic E-state index is 0.542. The van der Waals surface area contributed by atoms with Gasteiger partial charge in [0.05, 0.1) is 10.7 Å². The summed E-state index contributed by atoms with van der Waals surface area (Å²) in [4.78, 5) is 19.9. The van der Waals surface area contributed by atoms with Crippen LogP contribution >= 0.6 is 23.2 Å². The number of para-hydroxylation sites is 1. The molecule has 1 atom stereocenters. The predicted molar refractivity (Wildman–Crippen MR) is 63.8 cm³/mol. The molecule has 0 amide bonds. The van der Waals surface area contributed by atoms with Crippen LogP contribution in [0.3, 0.4) is 0 Å². The molecule has 88 valence electrons. The summed E-state index contributed by atoms with van der Waals surface area (Å²) in [7, 11) is 0. The van der Waals surface area contributed by atoms with Gasteiger partial charge in [-0.3, -0.25) is 9.59 Å². The van der Waals surface area contributed by atoms with Crippen LogP contribution in [0.5, 0.6) is 0 Å². The van der Waals surface area contributed by atoms with Gasteiger partial charge in [-0.25, -0.2) is 0 Å². The van der Waals surface area contributed by atoms with Gasteiger partial charge in [-0.2, -0.15) is 0 Å². The van der Waals surface area contributed by atoms with E-state index in [0.717, 1.165) is 6.92 Å². The standard InChI is InChI=1S/C6H6ClN.C4H5ClO3/c7-5-3-1-2-4-6(5)8;1-2(6)3(5)4(7)8/h1-4H,8H2;3H,1H3,(H,7,8). The number of hydrogen-bond acceptors (Lipinski definition) is 3. The Kier molecular flexibility index (Phi) is 6.53. The largest absolute Gasteiger partial charge is 0.480 e. The van der Waals surface area contributed by atoms with Gasteiger partial charge >= 0.3 is 5.97 Å². The molecule has 0 spiro atoms. The molecule has 0 saturated carbocycles. The summed E-state index contributed by atoms with van der Waals surface area (Å²) in [6, 6.07) is 7.22. The number of carboxylic acids is 1. The van der Waals surface area contributed by atoms with Gasteiger partial charge in [0.2, 0.25) is 0 Å². The summed E-state index contributed by atoms with van der Waals surface area (Å²) in [5.74, 6) is -1.83. The van der Waals surface area contributed by atoms with E-state index in [-0.39, 0.29) is 0 Å². The zero-order valence-electron chi connectivity index (χ0n) is 8.48. The molecule has 1 unspecified atom stereocenters. The molecule has 3 N–H and O–H groups in total. The minimum atomic E-state index is -1.38. The molecular weight excluding hydrogens is 253 g/mol. The molecule has 1 aromatic carbocycles. The Labute approximate surface area is 103 Å². The molecule has 0 aromatic heterocycles. The van der Waals surface area contributed by atoms with E-state index in [1.165, 1.54) is 0 Å². The van der Waals surface area contributed by atoms with E-state index in [1.54, 1.807) is 12.1 Å². The van der Waals surface area contributed by atoms with Crippen molar-refractivity contribution in [3.05, 3.63) is 29.3 Å². The van der Waals surface area contributed by atoms with Gasteiger partial charge in [-0.15, -0.1) is 11.6 Å². The van der Waals surface area contributed by atoms with Gasteiger partial charge < -0.3 is 10.8 Å². The third-order valence-electron chi connectivity index (χ3n) is 1.48. The molecule has 16 heavy (non-hydrogen) atoms. The summed E-state index contributed by atoms with van der Waals surface area (Å²) in [5, 5.41) is 7.24. The quantitative estimate of drug-likeness (QED) is 0.487. The van der Waals surface area contributed by atoms with Crippen molar-refractivity contribution in [3.8, 4) is 0 Å². The Morgan fingerprint density at radius 1 is 1.38 bits per heavy atom. The Bertz CT molecular complexity index is 347. The Morgan fingerprint density at radius 2 is 1.88 bits per heavy atom. The molecule has 0 fully saturated rings. The van der Waals surface area contributed by atoms with Crippen LogP contribution in [0, 0.1) is 0 Å². The number of carbonyl (C=O) groups excluding carboxylic acids is 1. The second-order valence-electron chi connectivity index (χ2n) is 2.83. The molecule has 0 aliphatic heterocycles. The minimum Gasteiger partial charge on any atom is -0.480 e. The maximum Gasteiger partial charge on any atom is 0.329 e. The lowest BCUT2D eigenvalue weighted by Gasteiger charge is -1.93. The lowest BCUT2D eigenvalue weighted by atomic mass is 10.3. The molecule has 0 aliphatic rings. The van der Waals surface area contributed by atoms with Crippen molar-refractivity contribution < 1.29 is 14.7 Å². The van der Waals surface area contributed by atoms with Gasteiger partial charge in [-0.05, 0) is 19.1 Å². The van der Waals surface area contributed by atoms with E-state index >= 15 is 0 Å². The number of carboxylic acid groups (broad SMARTS) is 1. The molecule has 0 saturated heterocycles. The molecule has 0 heterocycles. The third kappa shape index (κ3) is 5.58. The van der Waals surface area contributed by atoms with Crippen LogP contribution in [0.2, 0.25) is 5.02 Å². The van der Waals surface area contributed by atoms with E-state index < -0.39 is 17.1 Å². The van der Waals surface area contributed by atoms with Gasteiger partial charge in [-0.1, -0.05) is 23.7 Å². The number of aliphatic carboxylic acids is 1. The summed E-state index contributed by atoms with van der Waals surface area (Å²) in [6.07, 6.45) is 0.